The molecular weight excluding hydrogens is 176 g/mol. The fraction of sp³-hybridized carbons (Fsp3) is 1.00. The second-order valence-corrected chi connectivity index (χ2v) is 4.80. The maximum atomic E-state index is 5.79. The molecule has 3 nitrogen and oxygen atoms in total. The standard InChI is InChI=1S/C11H22N2O/c1-13(11(9-12)5-6-11)8-10-4-2-3-7-14-10/h10H,2-9,12H2,1H3. The van der Waals surface area contributed by atoms with E-state index in [0.29, 0.717) is 11.6 Å². The van der Waals surface area contributed by atoms with Crippen LogP contribution in [0.3, 0.4) is 0 Å². The lowest BCUT2D eigenvalue weighted by atomic mass is 10.1. The van der Waals surface area contributed by atoms with Crippen molar-refractivity contribution in [3.63, 3.8) is 0 Å². The highest BCUT2D eigenvalue weighted by Crippen LogP contribution is 2.40. The van der Waals surface area contributed by atoms with Crippen LogP contribution in [0.1, 0.15) is 32.1 Å². The Labute approximate surface area is 86.6 Å². The first-order valence-corrected chi connectivity index (χ1v) is 5.80. The second-order valence-electron chi connectivity index (χ2n) is 4.80. The van der Waals surface area contributed by atoms with E-state index < -0.39 is 0 Å². The van der Waals surface area contributed by atoms with Crippen LogP contribution in [0.4, 0.5) is 0 Å². The van der Waals surface area contributed by atoms with Crippen molar-refractivity contribution in [3.8, 4) is 0 Å². The van der Waals surface area contributed by atoms with Crippen LogP contribution in [0, 0.1) is 0 Å². The molecule has 82 valence electrons. The third-order valence-corrected chi connectivity index (χ3v) is 3.77. The highest BCUT2D eigenvalue weighted by molar-refractivity contribution is 5.04. The van der Waals surface area contributed by atoms with Crippen LogP contribution in [0.5, 0.6) is 0 Å². The zero-order chi connectivity index (χ0) is 10.0. The molecule has 2 N–H and O–H groups in total. The smallest absolute Gasteiger partial charge is 0.0702 e. The van der Waals surface area contributed by atoms with E-state index in [-0.39, 0.29) is 0 Å². The average Bonchev–Trinajstić information content (AvgIpc) is 3.00. The summed E-state index contributed by atoms with van der Waals surface area (Å²) in [7, 11) is 2.19. The molecule has 1 aliphatic carbocycles. The van der Waals surface area contributed by atoms with E-state index in [1.807, 2.05) is 0 Å². The summed E-state index contributed by atoms with van der Waals surface area (Å²) < 4.78 is 5.73. The third-order valence-electron chi connectivity index (χ3n) is 3.77. The van der Waals surface area contributed by atoms with Crippen molar-refractivity contribution in [2.45, 2.75) is 43.7 Å². The van der Waals surface area contributed by atoms with Crippen LogP contribution in [0.2, 0.25) is 0 Å². The molecule has 0 aromatic carbocycles. The molecule has 0 bridgehead atoms. The van der Waals surface area contributed by atoms with Gasteiger partial charge < -0.3 is 10.5 Å². The van der Waals surface area contributed by atoms with E-state index in [4.69, 9.17) is 10.5 Å². The molecule has 2 rings (SSSR count). The molecule has 1 saturated heterocycles. The maximum absolute atomic E-state index is 5.79. The quantitative estimate of drug-likeness (QED) is 0.732. The van der Waals surface area contributed by atoms with Crippen molar-refractivity contribution in [1.82, 2.24) is 4.90 Å². The number of ether oxygens (including phenoxy) is 1. The Morgan fingerprint density at radius 2 is 2.21 bits per heavy atom. The zero-order valence-corrected chi connectivity index (χ0v) is 9.17. The molecule has 1 saturated carbocycles. The number of likely N-dealkylation sites (N-methyl/N-ethyl adjacent to an activating group) is 1. The molecule has 2 fully saturated rings. The van der Waals surface area contributed by atoms with Gasteiger partial charge in [-0.15, -0.1) is 0 Å². The average molecular weight is 198 g/mol. The Morgan fingerprint density at radius 3 is 2.71 bits per heavy atom. The van der Waals surface area contributed by atoms with Crippen LogP contribution in [-0.2, 0) is 4.74 Å². The summed E-state index contributed by atoms with van der Waals surface area (Å²) in [5, 5.41) is 0. The van der Waals surface area contributed by atoms with Crippen molar-refractivity contribution in [2.75, 3.05) is 26.7 Å². The van der Waals surface area contributed by atoms with Crippen LogP contribution in [0.15, 0.2) is 0 Å². The van der Waals surface area contributed by atoms with Crippen LogP contribution in [-0.4, -0.2) is 43.3 Å². The summed E-state index contributed by atoms with van der Waals surface area (Å²) in [6.45, 7) is 2.82. The van der Waals surface area contributed by atoms with Gasteiger partial charge in [-0.25, -0.2) is 0 Å². The summed E-state index contributed by atoms with van der Waals surface area (Å²) in [4.78, 5) is 2.42. The Hall–Kier alpha value is -0.120. The summed E-state index contributed by atoms with van der Waals surface area (Å²) in [5.74, 6) is 0. The van der Waals surface area contributed by atoms with E-state index >= 15 is 0 Å². The molecule has 3 heteroatoms. The molecule has 0 spiro atoms. The SMILES string of the molecule is CN(CC1CCCCO1)C1(CN)CC1. The molecular formula is C11H22N2O. The van der Waals surface area contributed by atoms with Gasteiger partial charge >= 0.3 is 0 Å². The molecule has 2 aliphatic rings. The van der Waals surface area contributed by atoms with E-state index in [0.717, 1.165) is 19.7 Å². The van der Waals surface area contributed by atoms with Crippen LogP contribution >= 0.6 is 0 Å². The van der Waals surface area contributed by atoms with E-state index in [1.165, 1.54) is 32.1 Å². The number of nitrogens with two attached hydrogens (primary N) is 1. The molecule has 0 aromatic rings. The van der Waals surface area contributed by atoms with Gasteiger partial charge in [-0.3, -0.25) is 4.90 Å². The fourth-order valence-corrected chi connectivity index (χ4v) is 2.34. The first-order valence-electron chi connectivity index (χ1n) is 5.80. The summed E-state index contributed by atoms with van der Waals surface area (Å²) in [5.41, 5.74) is 6.13. The third kappa shape index (κ3) is 2.10. The predicted octanol–water partition coefficient (Wildman–Crippen LogP) is 0.979. The fourth-order valence-electron chi connectivity index (χ4n) is 2.34. The molecule has 0 radical (unpaired) electrons. The molecule has 1 heterocycles. The van der Waals surface area contributed by atoms with E-state index in [1.54, 1.807) is 0 Å². The van der Waals surface area contributed by atoms with Crippen molar-refractivity contribution in [3.05, 3.63) is 0 Å². The zero-order valence-electron chi connectivity index (χ0n) is 9.17. The Balaban J connectivity index is 1.78. The van der Waals surface area contributed by atoms with Crippen LogP contribution < -0.4 is 5.73 Å². The van der Waals surface area contributed by atoms with Gasteiger partial charge in [0.15, 0.2) is 0 Å². The van der Waals surface area contributed by atoms with Crippen LogP contribution in [0.25, 0.3) is 0 Å². The predicted molar refractivity (Wildman–Crippen MR) is 57.2 cm³/mol. The van der Waals surface area contributed by atoms with Gasteiger partial charge in [0.05, 0.1) is 6.10 Å². The van der Waals surface area contributed by atoms with Crippen molar-refractivity contribution in [1.29, 1.82) is 0 Å². The summed E-state index contributed by atoms with van der Waals surface area (Å²) in [6, 6.07) is 0. The Morgan fingerprint density at radius 1 is 1.43 bits per heavy atom. The minimum absolute atomic E-state index is 0.334. The number of hydrogen-bond acceptors (Lipinski definition) is 3. The first-order chi connectivity index (χ1) is 6.77. The van der Waals surface area contributed by atoms with Gasteiger partial charge in [0, 0.05) is 25.2 Å². The maximum Gasteiger partial charge on any atom is 0.0702 e. The monoisotopic (exact) mass is 198 g/mol. The Kier molecular flexibility index (Phi) is 3.10. The largest absolute Gasteiger partial charge is 0.377 e. The van der Waals surface area contributed by atoms with Gasteiger partial charge in [-0.1, -0.05) is 0 Å². The van der Waals surface area contributed by atoms with Crippen molar-refractivity contribution in [2.24, 2.45) is 5.73 Å². The van der Waals surface area contributed by atoms with Gasteiger partial charge in [0.2, 0.25) is 0 Å². The van der Waals surface area contributed by atoms with Gasteiger partial charge in [-0.05, 0) is 39.2 Å². The molecule has 14 heavy (non-hydrogen) atoms. The van der Waals surface area contributed by atoms with E-state index in [2.05, 4.69) is 11.9 Å². The van der Waals surface area contributed by atoms with Crippen molar-refractivity contribution >= 4 is 0 Å². The van der Waals surface area contributed by atoms with Gasteiger partial charge in [0.25, 0.3) is 0 Å². The second kappa shape index (κ2) is 4.17. The minimum Gasteiger partial charge on any atom is -0.377 e. The van der Waals surface area contributed by atoms with Gasteiger partial charge in [-0.2, -0.15) is 0 Å². The molecule has 1 unspecified atom stereocenters. The lowest BCUT2D eigenvalue weighted by Crippen LogP contribution is -2.45. The van der Waals surface area contributed by atoms with Gasteiger partial charge in [0.1, 0.15) is 0 Å². The minimum atomic E-state index is 0.334. The highest BCUT2D eigenvalue weighted by Gasteiger charge is 2.45. The number of hydrogen-bond donors (Lipinski definition) is 1. The molecule has 1 atom stereocenters. The Bertz CT molecular complexity index is 186. The van der Waals surface area contributed by atoms with E-state index in [9.17, 15) is 0 Å². The summed E-state index contributed by atoms with van der Waals surface area (Å²) >= 11 is 0. The lowest BCUT2D eigenvalue weighted by Gasteiger charge is -2.32. The molecule has 0 amide bonds. The van der Waals surface area contributed by atoms with Crippen molar-refractivity contribution < 1.29 is 4.74 Å². The normalized spacial score (nSPS) is 30.6. The molecule has 1 aliphatic heterocycles. The number of nitrogens with zero attached hydrogens (tertiary/aromatic N) is 1. The number of rotatable bonds is 4. The lowest BCUT2D eigenvalue weighted by molar-refractivity contribution is -0.00996. The summed E-state index contributed by atoms with van der Waals surface area (Å²) in [6.07, 6.45) is 6.79. The first kappa shape index (κ1) is 10.4. The highest BCUT2D eigenvalue weighted by atomic mass is 16.5. The topological polar surface area (TPSA) is 38.5 Å². The molecule has 0 aromatic heterocycles.